The van der Waals surface area contributed by atoms with Crippen LogP contribution in [0.4, 0.5) is 4.79 Å². The highest BCUT2D eigenvalue weighted by molar-refractivity contribution is 7.90. The molecule has 0 spiro atoms. The number of nitrogens with one attached hydrogen (secondary N) is 1. The summed E-state index contributed by atoms with van der Waals surface area (Å²) in [6.45, 7) is 3.25. The van der Waals surface area contributed by atoms with Crippen LogP contribution < -0.4 is 5.32 Å². The number of aliphatic hydroxyl groups is 1. The van der Waals surface area contributed by atoms with E-state index >= 15 is 0 Å². The standard InChI is InChI=1S/C18H28N2O4S/c1-14(21)10-17(16-6-4-3-5-7-16)11-19-18(22)20-9-8-15(12-20)13-25(2,23)24/h3-7,14-15,17,21H,8-13H2,1-2H3,(H,19,22). The van der Waals surface area contributed by atoms with Gasteiger partial charge in [-0.05, 0) is 31.2 Å². The summed E-state index contributed by atoms with van der Waals surface area (Å²) in [4.78, 5) is 14.1. The number of sulfone groups is 1. The fraction of sp³-hybridized carbons (Fsp3) is 0.611. The molecular formula is C18H28N2O4S. The first-order valence-electron chi connectivity index (χ1n) is 8.68. The van der Waals surface area contributed by atoms with E-state index in [1.165, 1.54) is 6.26 Å². The molecule has 2 N–H and O–H groups in total. The number of urea groups is 1. The molecule has 2 amide bonds. The van der Waals surface area contributed by atoms with Gasteiger partial charge in [0.05, 0.1) is 11.9 Å². The van der Waals surface area contributed by atoms with Gasteiger partial charge in [0, 0.05) is 31.8 Å². The summed E-state index contributed by atoms with van der Waals surface area (Å²) in [7, 11) is -3.02. The minimum Gasteiger partial charge on any atom is -0.393 e. The van der Waals surface area contributed by atoms with E-state index in [1.807, 2.05) is 30.3 Å². The SMILES string of the molecule is CC(O)CC(CNC(=O)N1CCC(CS(C)(=O)=O)C1)c1ccccc1. The van der Waals surface area contributed by atoms with E-state index in [0.717, 1.165) is 12.0 Å². The summed E-state index contributed by atoms with van der Waals surface area (Å²) in [5.41, 5.74) is 1.08. The predicted molar refractivity (Wildman–Crippen MR) is 98.3 cm³/mol. The number of amides is 2. The monoisotopic (exact) mass is 368 g/mol. The summed E-state index contributed by atoms with van der Waals surface area (Å²) in [5, 5.41) is 12.7. The van der Waals surface area contributed by atoms with E-state index in [9.17, 15) is 18.3 Å². The lowest BCUT2D eigenvalue weighted by Gasteiger charge is -2.22. The first-order chi connectivity index (χ1) is 11.7. The van der Waals surface area contributed by atoms with Crippen molar-refractivity contribution < 1.29 is 18.3 Å². The third-order valence-electron chi connectivity index (χ3n) is 4.51. The quantitative estimate of drug-likeness (QED) is 0.766. The molecule has 2 rings (SSSR count). The van der Waals surface area contributed by atoms with Gasteiger partial charge in [0.1, 0.15) is 9.84 Å². The number of likely N-dealkylation sites (tertiary alicyclic amines) is 1. The molecule has 3 unspecified atom stereocenters. The van der Waals surface area contributed by atoms with Gasteiger partial charge in [-0.1, -0.05) is 30.3 Å². The van der Waals surface area contributed by atoms with Crippen molar-refractivity contribution in [2.24, 2.45) is 5.92 Å². The lowest BCUT2D eigenvalue weighted by molar-refractivity contribution is 0.171. The van der Waals surface area contributed by atoms with Crippen LogP contribution in [0.15, 0.2) is 30.3 Å². The van der Waals surface area contributed by atoms with E-state index in [-0.39, 0.29) is 23.6 Å². The van der Waals surface area contributed by atoms with Gasteiger partial charge in [0.2, 0.25) is 0 Å². The Hall–Kier alpha value is -1.60. The van der Waals surface area contributed by atoms with Gasteiger partial charge >= 0.3 is 6.03 Å². The van der Waals surface area contributed by atoms with Gasteiger partial charge in [-0.25, -0.2) is 13.2 Å². The summed E-state index contributed by atoms with van der Waals surface area (Å²) in [6, 6.07) is 9.66. The maximum Gasteiger partial charge on any atom is 0.317 e. The zero-order valence-electron chi connectivity index (χ0n) is 14.9. The van der Waals surface area contributed by atoms with Crippen LogP contribution in [0.1, 0.15) is 31.2 Å². The summed E-state index contributed by atoms with van der Waals surface area (Å²) < 4.78 is 22.8. The van der Waals surface area contributed by atoms with E-state index in [4.69, 9.17) is 0 Å². The molecule has 1 saturated heterocycles. The first kappa shape index (κ1) is 19.7. The fourth-order valence-electron chi connectivity index (χ4n) is 3.38. The second-order valence-electron chi connectivity index (χ2n) is 7.07. The van der Waals surface area contributed by atoms with Gasteiger partial charge in [-0.15, -0.1) is 0 Å². The molecule has 1 fully saturated rings. The van der Waals surface area contributed by atoms with Crippen LogP contribution in [-0.4, -0.2) is 62.2 Å². The van der Waals surface area contributed by atoms with Gasteiger partial charge < -0.3 is 15.3 Å². The normalized spacial score (nSPS) is 20.3. The Bertz CT molecular complexity index is 661. The van der Waals surface area contributed by atoms with Crippen LogP contribution in [0.25, 0.3) is 0 Å². The number of hydrogen-bond acceptors (Lipinski definition) is 4. The molecule has 0 aliphatic carbocycles. The van der Waals surface area contributed by atoms with Crippen LogP contribution in [-0.2, 0) is 9.84 Å². The predicted octanol–water partition coefficient (Wildman–Crippen LogP) is 1.62. The Morgan fingerprint density at radius 3 is 2.64 bits per heavy atom. The highest BCUT2D eigenvalue weighted by atomic mass is 32.2. The Morgan fingerprint density at radius 1 is 1.36 bits per heavy atom. The Labute approximate surface area is 150 Å². The fourth-order valence-corrected chi connectivity index (χ4v) is 4.51. The Morgan fingerprint density at radius 2 is 2.04 bits per heavy atom. The molecular weight excluding hydrogens is 340 g/mol. The first-order valence-corrected chi connectivity index (χ1v) is 10.7. The molecule has 3 atom stereocenters. The lowest BCUT2D eigenvalue weighted by Crippen LogP contribution is -2.40. The highest BCUT2D eigenvalue weighted by Crippen LogP contribution is 2.21. The van der Waals surface area contributed by atoms with Crippen LogP contribution in [0.2, 0.25) is 0 Å². The molecule has 1 aromatic carbocycles. The molecule has 140 valence electrons. The number of carbonyl (C=O) groups excluding carboxylic acids is 1. The summed E-state index contributed by atoms with van der Waals surface area (Å²) >= 11 is 0. The smallest absolute Gasteiger partial charge is 0.317 e. The van der Waals surface area contributed by atoms with Crippen molar-refractivity contribution >= 4 is 15.9 Å². The zero-order valence-corrected chi connectivity index (χ0v) is 15.7. The molecule has 1 aliphatic heterocycles. The minimum absolute atomic E-state index is 0.0168. The second-order valence-corrected chi connectivity index (χ2v) is 9.26. The highest BCUT2D eigenvalue weighted by Gasteiger charge is 2.28. The molecule has 1 aromatic rings. The number of aliphatic hydroxyl groups excluding tert-OH is 1. The van der Waals surface area contributed by atoms with E-state index < -0.39 is 15.9 Å². The van der Waals surface area contributed by atoms with E-state index in [0.29, 0.717) is 26.1 Å². The summed E-state index contributed by atoms with van der Waals surface area (Å²) in [5.74, 6) is 0.188. The number of rotatable bonds is 7. The van der Waals surface area contributed by atoms with Crippen LogP contribution in [0, 0.1) is 5.92 Å². The van der Waals surface area contributed by atoms with Gasteiger partial charge in [0.25, 0.3) is 0 Å². The maximum atomic E-state index is 12.4. The van der Waals surface area contributed by atoms with Gasteiger partial charge in [-0.3, -0.25) is 0 Å². The molecule has 7 heteroatoms. The molecule has 1 aliphatic rings. The Balaban J connectivity index is 1.89. The number of carbonyl (C=O) groups is 1. The number of benzene rings is 1. The molecule has 0 saturated carbocycles. The average Bonchev–Trinajstić information content (AvgIpc) is 2.98. The molecule has 25 heavy (non-hydrogen) atoms. The lowest BCUT2D eigenvalue weighted by atomic mass is 9.93. The third-order valence-corrected chi connectivity index (χ3v) is 5.58. The number of hydrogen-bond donors (Lipinski definition) is 2. The average molecular weight is 368 g/mol. The van der Waals surface area contributed by atoms with Crippen molar-refractivity contribution in [3.05, 3.63) is 35.9 Å². The minimum atomic E-state index is -3.02. The van der Waals surface area contributed by atoms with Crippen LogP contribution in [0.5, 0.6) is 0 Å². The van der Waals surface area contributed by atoms with Crippen LogP contribution in [0.3, 0.4) is 0 Å². The molecule has 0 aromatic heterocycles. The molecule has 0 radical (unpaired) electrons. The van der Waals surface area contributed by atoms with Crippen molar-refractivity contribution in [1.82, 2.24) is 10.2 Å². The second kappa shape index (κ2) is 8.67. The number of nitrogens with zero attached hydrogens (tertiary/aromatic N) is 1. The molecule has 6 nitrogen and oxygen atoms in total. The van der Waals surface area contributed by atoms with Crippen molar-refractivity contribution in [3.63, 3.8) is 0 Å². The van der Waals surface area contributed by atoms with Crippen molar-refractivity contribution in [1.29, 1.82) is 0 Å². The van der Waals surface area contributed by atoms with Gasteiger partial charge in [0.15, 0.2) is 0 Å². The maximum absolute atomic E-state index is 12.4. The molecule has 0 bridgehead atoms. The third kappa shape index (κ3) is 6.66. The van der Waals surface area contributed by atoms with Crippen molar-refractivity contribution in [2.75, 3.05) is 31.6 Å². The van der Waals surface area contributed by atoms with E-state index in [1.54, 1.807) is 11.8 Å². The Kier molecular flexibility index (Phi) is 6.84. The molecule has 1 heterocycles. The van der Waals surface area contributed by atoms with Crippen LogP contribution >= 0.6 is 0 Å². The van der Waals surface area contributed by atoms with E-state index in [2.05, 4.69) is 5.32 Å². The van der Waals surface area contributed by atoms with Gasteiger partial charge in [-0.2, -0.15) is 0 Å². The largest absolute Gasteiger partial charge is 0.393 e. The summed E-state index contributed by atoms with van der Waals surface area (Å²) in [6.07, 6.45) is 2.07. The van der Waals surface area contributed by atoms with Crippen molar-refractivity contribution in [3.8, 4) is 0 Å². The van der Waals surface area contributed by atoms with Crippen molar-refractivity contribution in [2.45, 2.75) is 31.8 Å². The zero-order chi connectivity index (χ0) is 18.4. The topological polar surface area (TPSA) is 86.7 Å².